The number of alkyl carbamates (subject to hydrolysis) is 1. The lowest BCUT2D eigenvalue weighted by atomic mass is 9.95. The van der Waals surface area contributed by atoms with Gasteiger partial charge in [-0.1, -0.05) is 143 Å². The van der Waals surface area contributed by atoms with Crippen LogP contribution in [0.5, 0.6) is 0 Å². The Morgan fingerprint density at radius 3 is 1.64 bits per heavy atom. The second kappa shape index (κ2) is 52.0. The van der Waals surface area contributed by atoms with Gasteiger partial charge in [-0.25, -0.2) is 4.79 Å². The van der Waals surface area contributed by atoms with Crippen molar-refractivity contribution in [1.82, 2.24) is 10.6 Å². The fourth-order valence-corrected chi connectivity index (χ4v) is 7.94. The fourth-order valence-electron chi connectivity index (χ4n) is 7.94. The summed E-state index contributed by atoms with van der Waals surface area (Å²) in [5, 5.41) is 6.03. The molecule has 0 heterocycles. The van der Waals surface area contributed by atoms with Gasteiger partial charge in [-0.2, -0.15) is 0 Å². The molecule has 0 aliphatic heterocycles. The summed E-state index contributed by atoms with van der Waals surface area (Å²) < 4.78 is 41.0. The molecule has 14 heteroatoms. The van der Waals surface area contributed by atoms with Crippen LogP contribution in [-0.2, 0) is 52.3 Å². The zero-order chi connectivity index (χ0) is 53.8. The van der Waals surface area contributed by atoms with Gasteiger partial charge in [0.1, 0.15) is 12.7 Å². The summed E-state index contributed by atoms with van der Waals surface area (Å²) in [6.07, 6.45) is 30.9. The first-order chi connectivity index (χ1) is 35.5. The molecule has 0 radical (unpaired) electrons. The first-order valence-electron chi connectivity index (χ1n) is 29.4. The van der Waals surface area contributed by atoms with E-state index in [1.54, 1.807) is 6.92 Å². The highest BCUT2D eigenvalue weighted by Gasteiger charge is 2.28. The lowest BCUT2D eigenvalue weighted by molar-refractivity contribution is -0.202. The number of allylic oxidation sites excluding steroid dienone is 4. The zero-order valence-corrected chi connectivity index (χ0v) is 47.5. The van der Waals surface area contributed by atoms with Crippen LogP contribution in [0.4, 0.5) is 4.79 Å². The van der Waals surface area contributed by atoms with Crippen molar-refractivity contribution in [3.8, 4) is 0 Å². The normalized spacial score (nSPS) is 13.3. The number of nitrogens with one attached hydrogen (secondary N) is 2. The molecular weight excluding hydrogens is 929 g/mol. The van der Waals surface area contributed by atoms with E-state index in [-0.39, 0.29) is 44.2 Å². The highest BCUT2D eigenvalue weighted by Crippen LogP contribution is 2.21. The van der Waals surface area contributed by atoms with Gasteiger partial charge in [0.05, 0.1) is 24.9 Å². The molecular formula is C59H108N2O12. The van der Waals surface area contributed by atoms with Gasteiger partial charge in [0.2, 0.25) is 0 Å². The first kappa shape index (κ1) is 69.5. The Bertz CT molecular complexity index is 1370. The maximum atomic E-state index is 13.5. The predicted molar refractivity (Wildman–Crippen MR) is 293 cm³/mol. The molecule has 0 saturated carbocycles. The molecule has 0 aromatic carbocycles. The van der Waals surface area contributed by atoms with Gasteiger partial charge >= 0.3 is 30.0 Å². The van der Waals surface area contributed by atoms with E-state index >= 15 is 0 Å². The van der Waals surface area contributed by atoms with Crippen LogP contribution in [-0.4, -0.2) is 94.7 Å². The standard InChI is InChI=1S/C59H108N2O12/c1-8-14-19-23-26-32-46-67-56(68-47-33-27-24-20-15-9-2)42-41-55(64)73-58(72-54(63)38-31-25-28-34-48-69-57(65)51(35-18-12-5)36-29-21-16-10-3)50(7)49-70-53(62)40-39-52(37-30-22-17-11-4)71-59(66)61-45-44-60-43-13-6/h14-15,19-20,50-52,56,58,60H,8-13,16-18,21-49H2,1-7H3,(H,61,66)/b19-14-,20-15-. The summed E-state index contributed by atoms with van der Waals surface area (Å²) >= 11 is 0. The second-order valence-corrected chi connectivity index (χ2v) is 19.6. The van der Waals surface area contributed by atoms with Crippen LogP contribution in [0.1, 0.15) is 248 Å². The van der Waals surface area contributed by atoms with Gasteiger partial charge in [0, 0.05) is 45.6 Å². The van der Waals surface area contributed by atoms with E-state index in [4.69, 9.17) is 33.2 Å². The topological polar surface area (TPSA) is 174 Å². The molecule has 0 aliphatic rings. The number of unbranched alkanes of at least 4 members (excludes halogenated alkanes) is 14. The number of hydrogen-bond donors (Lipinski definition) is 2. The van der Waals surface area contributed by atoms with E-state index in [0.717, 1.165) is 148 Å². The van der Waals surface area contributed by atoms with Gasteiger partial charge < -0.3 is 43.8 Å². The van der Waals surface area contributed by atoms with E-state index < -0.39 is 48.6 Å². The molecule has 0 bridgehead atoms. The summed E-state index contributed by atoms with van der Waals surface area (Å²) in [5.74, 6) is -2.43. The first-order valence-corrected chi connectivity index (χ1v) is 29.4. The van der Waals surface area contributed by atoms with Crippen molar-refractivity contribution < 1.29 is 57.1 Å². The third-order valence-corrected chi connectivity index (χ3v) is 12.5. The zero-order valence-electron chi connectivity index (χ0n) is 47.5. The van der Waals surface area contributed by atoms with Gasteiger partial charge in [-0.05, 0) is 109 Å². The van der Waals surface area contributed by atoms with Gasteiger partial charge in [-0.3, -0.25) is 19.2 Å². The van der Waals surface area contributed by atoms with Crippen LogP contribution in [0.15, 0.2) is 24.3 Å². The summed E-state index contributed by atoms with van der Waals surface area (Å²) in [5.41, 5.74) is 0. The number of ether oxygens (including phenoxy) is 7. The Hall–Kier alpha value is -3.49. The van der Waals surface area contributed by atoms with Crippen molar-refractivity contribution in [2.24, 2.45) is 11.8 Å². The molecule has 0 spiro atoms. The fraction of sp³-hybridized carbons (Fsp3) is 0.847. The Morgan fingerprint density at radius 2 is 1.03 bits per heavy atom. The van der Waals surface area contributed by atoms with Crippen LogP contribution in [0.2, 0.25) is 0 Å². The van der Waals surface area contributed by atoms with Crippen LogP contribution >= 0.6 is 0 Å². The molecule has 0 saturated heterocycles. The number of hydrogen-bond acceptors (Lipinski definition) is 13. The van der Waals surface area contributed by atoms with Crippen molar-refractivity contribution in [3.05, 3.63) is 24.3 Å². The monoisotopic (exact) mass is 1040 g/mol. The average Bonchev–Trinajstić information content (AvgIpc) is 3.38. The predicted octanol–water partition coefficient (Wildman–Crippen LogP) is 14.1. The second-order valence-electron chi connectivity index (χ2n) is 19.6. The van der Waals surface area contributed by atoms with Gasteiger partial charge in [0.25, 0.3) is 6.29 Å². The number of carbonyl (C=O) groups is 5. The van der Waals surface area contributed by atoms with Crippen molar-refractivity contribution in [2.45, 2.75) is 266 Å². The van der Waals surface area contributed by atoms with Crippen molar-refractivity contribution >= 4 is 30.0 Å². The molecule has 0 aliphatic carbocycles. The summed E-state index contributed by atoms with van der Waals surface area (Å²) in [7, 11) is 0. The van der Waals surface area contributed by atoms with Crippen LogP contribution in [0, 0.1) is 11.8 Å². The van der Waals surface area contributed by atoms with Crippen molar-refractivity contribution in [1.29, 1.82) is 0 Å². The highest BCUT2D eigenvalue weighted by atomic mass is 16.7. The van der Waals surface area contributed by atoms with Crippen LogP contribution in [0.25, 0.3) is 0 Å². The maximum Gasteiger partial charge on any atom is 0.407 e. The quantitative estimate of drug-likeness (QED) is 0.0194. The lowest BCUT2D eigenvalue weighted by Crippen LogP contribution is -2.35. The van der Waals surface area contributed by atoms with Crippen LogP contribution < -0.4 is 10.6 Å². The minimum Gasteiger partial charge on any atom is -0.465 e. The molecule has 0 aromatic rings. The summed E-state index contributed by atoms with van der Waals surface area (Å²) in [6, 6.07) is 0. The van der Waals surface area contributed by atoms with E-state index in [0.29, 0.717) is 58.6 Å². The number of esters is 4. The number of carbonyl (C=O) groups excluding carboxylic acids is 5. The Kier molecular flexibility index (Phi) is 49.5. The van der Waals surface area contributed by atoms with E-state index in [1.165, 1.54) is 6.42 Å². The molecule has 1 amide bonds. The van der Waals surface area contributed by atoms with Crippen molar-refractivity contribution in [3.63, 3.8) is 0 Å². The third-order valence-electron chi connectivity index (χ3n) is 12.5. The molecule has 426 valence electrons. The molecule has 4 atom stereocenters. The van der Waals surface area contributed by atoms with Crippen molar-refractivity contribution in [2.75, 3.05) is 46.1 Å². The summed E-state index contributed by atoms with van der Waals surface area (Å²) in [6.45, 7) is 17.6. The molecule has 0 aromatic heterocycles. The minimum absolute atomic E-state index is 0.0185. The third kappa shape index (κ3) is 44.5. The molecule has 0 rings (SSSR count). The Balaban J connectivity index is 5.63. The number of amides is 1. The highest BCUT2D eigenvalue weighted by molar-refractivity contribution is 5.72. The largest absolute Gasteiger partial charge is 0.465 e. The molecule has 14 nitrogen and oxygen atoms in total. The summed E-state index contributed by atoms with van der Waals surface area (Å²) in [4.78, 5) is 65.4. The lowest BCUT2D eigenvalue weighted by Gasteiger charge is -2.25. The number of rotatable bonds is 52. The van der Waals surface area contributed by atoms with E-state index in [9.17, 15) is 24.0 Å². The SMILES string of the molecule is CC/C=C\CCCCOC(CCC(=O)OC(OC(=O)CCCCCCOC(=O)C(CCCC)CCCCCC)C(C)COC(=O)CCC(CCCCCC)OC(=O)NCCNCCC)OCCCC/C=C\CC. The molecule has 0 fully saturated rings. The Labute approximate surface area is 444 Å². The molecule has 4 unspecified atom stereocenters. The van der Waals surface area contributed by atoms with E-state index in [2.05, 4.69) is 76.5 Å². The average molecular weight is 1040 g/mol. The van der Waals surface area contributed by atoms with Crippen LogP contribution in [0.3, 0.4) is 0 Å². The molecule has 2 N–H and O–H groups in total. The minimum atomic E-state index is -1.30. The van der Waals surface area contributed by atoms with Gasteiger partial charge in [0.15, 0.2) is 6.29 Å². The Morgan fingerprint density at radius 1 is 0.466 bits per heavy atom. The van der Waals surface area contributed by atoms with Gasteiger partial charge in [-0.15, -0.1) is 0 Å². The van der Waals surface area contributed by atoms with E-state index in [1.807, 2.05) is 0 Å². The maximum absolute atomic E-state index is 13.5. The smallest absolute Gasteiger partial charge is 0.407 e. The molecule has 73 heavy (non-hydrogen) atoms.